The first kappa shape index (κ1) is 9.15. The molecule has 0 radical (unpaired) electrons. The van der Waals surface area contributed by atoms with Gasteiger partial charge in [0, 0.05) is 11.4 Å². The molecule has 0 rings (SSSR count). The summed E-state index contributed by atoms with van der Waals surface area (Å²) >= 11 is 0. The standard InChI is InChI=1S/C9H15N/c1-5-6-7-9(4)10-8(2)3/h5-7H,1-4H3/b6-5-,9-7-. The van der Waals surface area contributed by atoms with Gasteiger partial charge in [0.05, 0.1) is 0 Å². The molecule has 0 unspecified atom stereocenters. The Balaban J connectivity index is 4.08. The van der Waals surface area contributed by atoms with Crippen LogP contribution < -0.4 is 0 Å². The summed E-state index contributed by atoms with van der Waals surface area (Å²) in [5.41, 5.74) is 2.15. The molecule has 0 aromatic rings. The Kier molecular flexibility index (Phi) is 4.55. The summed E-state index contributed by atoms with van der Waals surface area (Å²) in [5.74, 6) is 0. The average Bonchev–Trinajstić information content (AvgIpc) is 1.82. The van der Waals surface area contributed by atoms with Crippen LogP contribution in [0.2, 0.25) is 0 Å². The molecule has 0 bridgehead atoms. The second kappa shape index (κ2) is 4.98. The van der Waals surface area contributed by atoms with E-state index in [0.717, 1.165) is 11.4 Å². The summed E-state index contributed by atoms with van der Waals surface area (Å²) in [5, 5.41) is 0. The summed E-state index contributed by atoms with van der Waals surface area (Å²) in [6, 6.07) is 0. The largest absolute Gasteiger partial charge is 0.263 e. The number of allylic oxidation sites excluding steroid dienone is 4. The summed E-state index contributed by atoms with van der Waals surface area (Å²) in [6.07, 6.45) is 5.97. The maximum atomic E-state index is 4.24. The summed E-state index contributed by atoms with van der Waals surface area (Å²) in [4.78, 5) is 4.24. The Bertz CT molecular complexity index is 169. The van der Waals surface area contributed by atoms with Gasteiger partial charge in [-0.1, -0.05) is 12.2 Å². The van der Waals surface area contributed by atoms with Gasteiger partial charge in [0.25, 0.3) is 0 Å². The highest BCUT2D eigenvalue weighted by Gasteiger charge is 1.79. The highest BCUT2D eigenvalue weighted by Crippen LogP contribution is 1.95. The maximum absolute atomic E-state index is 4.24. The third-order valence-electron chi connectivity index (χ3n) is 0.930. The molecule has 0 saturated carbocycles. The molecule has 0 aliphatic carbocycles. The SMILES string of the molecule is C/C=C\C=C(\C)N=C(C)C. The molecule has 0 spiro atoms. The molecule has 0 N–H and O–H groups in total. The van der Waals surface area contributed by atoms with Gasteiger partial charge in [-0.3, -0.25) is 4.99 Å². The lowest BCUT2D eigenvalue weighted by Gasteiger charge is -1.89. The molecule has 0 heterocycles. The third-order valence-corrected chi connectivity index (χ3v) is 0.930. The predicted molar refractivity (Wildman–Crippen MR) is 47.4 cm³/mol. The molecule has 0 aromatic carbocycles. The normalized spacial score (nSPS) is 12.2. The van der Waals surface area contributed by atoms with Crippen LogP contribution in [0.5, 0.6) is 0 Å². The molecule has 10 heavy (non-hydrogen) atoms. The van der Waals surface area contributed by atoms with E-state index in [1.165, 1.54) is 0 Å². The minimum atomic E-state index is 1.05. The van der Waals surface area contributed by atoms with Crippen LogP contribution in [0.15, 0.2) is 28.9 Å². The van der Waals surface area contributed by atoms with Gasteiger partial charge in [-0.15, -0.1) is 0 Å². The van der Waals surface area contributed by atoms with Crippen LogP contribution in [0, 0.1) is 0 Å². The third kappa shape index (κ3) is 5.29. The first-order valence-electron chi connectivity index (χ1n) is 3.48. The van der Waals surface area contributed by atoms with Crippen molar-refractivity contribution < 1.29 is 0 Å². The molecule has 0 amide bonds. The minimum Gasteiger partial charge on any atom is -0.263 e. The lowest BCUT2D eigenvalue weighted by molar-refractivity contribution is 1.29. The van der Waals surface area contributed by atoms with Crippen LogP contribution >= 0.6 is 0 Å². The van der Waals surface area contributed by atoms with Crippen LogP contribution in [0.1, 0.15) is 27.7 Å². The van der Waals surface area contributed by atoms with E-state index in [0.29, 0.717) is 0 Å². The van der Waals surface area contributed by atoms with Crippen molar-refractivity contribution in [2.75, 3.05) is 0 Å². The van der Waals surface area contributed by atoms with E-state index in [1.807, 2.05) is 45.9 Å². The Morgan fingerprint density at radius 3 is 2.20 bits per heavy atom. The molecule has 0 atom stereocenters. The zero-order valence-corrected chi connectivity index (χ0v) is 7.18. The Hall–Kier alpha value is -0.850. The van der Waals surface area contributed by atoms with Crippen molar-refractivity contribution in [2.24, 2.45) is 4.99 Å². The molecule has 1 heteroatoms. The lowest BCUT2D eigenvalue weighted by atomic mass is 10.4. The van der Waals surface area contributed by atoms with E-state index in [1.54, 1.807) is 0 Å². The Morgan fingerprint density at radius 2 is 1.80 bits per heavy atom. The fourth-order valence-electron chi connectivity index (χ4n) is 0.625. The van der Waals surface area contributed by atoms with Crippen molar-refractivity contribution in [1.29, 1.82) is 0 Å². The molecule has 0 aromatic heterocycles. The summed E-state index contributed by atoms with van der Waals surface area (Å²) < 4.78 is 0. The second-order valence-corrected chi connectivity index (χ2v) is 2.39. The molecule has 0 saturated heterocycles. The fourth-order valence-corrected chi connectivity index (χ4v) is 0.625. The Labute approximate surface area is 63.2 Å². The molecule has 0 aliphatic heterocycles. The predicted octanol–water partition coefficient (Wildman–Crippen LogP) is 2.95. The van der Waals surface area contributed by atoms with E-state index in [9.17, 15) is 0 Å². The molecular formula is C9H15N. The number of hydrogen-bond acceptors (Lipinski definition) is 1. The molecule has 1 nitrogen and oxygen atoms in total. The van der Waals surface area contributed by atoms with Crippen molar-refractivity contribution in [2.45, 2.75) is 27.7 Å². The Morgan fingerprint density at radius 1 is 1.20 bits per heavy atom. The average molecular weight is 137 g/mol. The first-order chi connectivity index (χ1) is 4.66. The quantitative estimate of drug-likeness (QED) is 0.410. The second-order valence-electron chi connectivity index (χ2n) is 2.39. The summed E-state index contributed by atoms with van der Waals surface area (Å²) in [7, 11) is 0. The highest BCUT2D eigenvalue weighted by molar-refractivity contribution is 5.80. The molecular weight excluding hydrogens is 122 g/mol. The lowest BCUT2D eigenvalue weighted by Crippen LogP contribution is -1.79. The number of hydrogen-bond donors (Lipinski definition) is 0. The van der Waals surface area contributed by atoms with Gasteiger partial charge in [-0.05, 0) is 33.8 Å². The van der Waals surface area contributed by atoms with Gasteiger partial charge >= 0.3 is 0 Å². The molecule has 0 fully saturated rings. The smallest absolute Gasteiger partial charge is 0.0371 e. The van der Waals surface area contributed by atoms with Crippen LogP contribution in [-0.2, 0) is 0 Å². The van der Waals surface area contributed by atoms with Crippen LogP contribution in [0.3, 0.4) is 0 Å². The van der Waals surface area contributed by atoms with Gasteiger partial charge in [-0.2, -0.15) is 0 Å². The van der Waals surface area contributed by atoms with Crippen molar-refractivity contribution in [3.63, 3.8) is 0 Å². The van der Waals surface area contributed by atoms with E-state index < -0.39 is 0 Å². The number of rotatable bonds is 2. The first-order valence-corrected chi connectivity index (χ1v) is 3.48. The van der Waals surface area contributed by atoms with E-state index in [2.05, 4.69) is 4.99 Å². The molecule has 56 valence electrons. The van der Waals surface area contributed by atoms with Crippen LogP contribution in [-0.4, -0.2) is 5.71 Å². The zero-order chi connectivity index (χ0) is 7.98. The number of aliphatic imine (C=N–C) groups is 1. The van der Waals surface area contributed by atoms with Gasteiger partial charge in [0.1, 0.15) is 0 Å². The van der Waals surface area contributed by atoms with E-state index in [4.69, 9.17) is 0 Å². The van der Waals surface area contributed by atoms with Crippen LogP contribution in [0.25, 0.3) is 0 Å². The van der Waals surface area contributed by atoms with Gasteiger partial charge in [-0.25, -0.2) is 0 Å². The minimum absolute atomic E-state index is 1.05. The maximum Gasteiger partial charge on any atom is 0.0371 e. The topological polar surface area (TPSA) is 12.4 Å². The van der Waals surface area contributed by atoms with E-state index in [-0.39, 0.29) is 0 Å². The van der Waals surface area contributed by atoms with Crippen molar-refractivity contribution >= 4 is 5.71 Å². The van der Waals surface area contributed by atoms with Crippen molar-refractivity contribution in [1.82, 2.24) is 0 Å². The monoisotopic (exact) mass is 137 g/mol. The fraction of sp³-hybridized carbons (Fsp3) is 0.444. The zero-order valence-electron chi connectivity index (χ0n) is 7.18. The van der Waals surface area contributed by atoms with Gasteiger partial charge < -0.3 is 0 Å². The van der Waals surface area contributed by atoms with Crippen molar-refractivity contribution in [3.05, 3.63) is 23.9 Å². The van der Waals surface area contributed by atoms with E-state index >= 15 is 0 Å². The molecule has 0 aliphatic rings. The van der Waals surface area contributed by atoms with Crippen molar-refractivity contribution in [3.8, 4) is 0 Å². The summed E-state index contributed by atoms with van der Waals surface area (Å²) in [6.45, 7) is 7.97. The van der Waals surface area contributed by atoms with Gasteiger partial charge in [0.15, 0.2) is 0 Å². The van der Waals surface area contributed by atoms with Crippen LogP contribution in [0.4, 0.5) is 0 Å². The van der Waals surface area contributed by atoms with Gasteiger partial charge in [0.2, 0.25) is 0 Å². The number of nitrogens with zero attached hydrogens (tertiary/aromatic N) is 1. The highest BCUT2D eigenvalue weighted by atomic mass is 14.7.